The largest absolute Gasteiger partial charge is 0.483 e. The Morgan fingerprint density at radius 3 is 2.68 bits per heavy atom. The zero-order valence-electron chi connectivity index (χ0n) is 14.7. The van der Waals surface area contributed by atoms with Crippen molar-refractivity contribution in [2.24, 2.45) is 0 Å². The number of amides is 1. The summed E-state index contributed by atoms with van der Waals surface area (Å²) in [6.45, 7) is 4.10. The van der Waals surface area contributed by atoms with Gasteiger partial charge in [-0.2, -0.15) is 0 Å². The quantitative estimate of drug-likeness (QED) is 0.656. The summed E-state index contributed by atoms with van der Waals surface area (Å²) >= 11 is 1.63. The molecule has 0 aliphatic carbocycles. The van der Waals surface area contributed by atoms with Crippen molar-refractivity contribution in [3.8, 4) is 5.75 Å². The molecule has 0 unspecified atom stereocenters. The summed E-state index contributed by atoms with van der Waals surface area (Å²) in [4.78, 5) is 18.9. The average molecular weight is 354 g/mol. The van der Waals surface area contributed by atoms with E-state index in [1.807, 2.05) is 49.4 Å². The molecule has 4 nitrogen and oxygen atoms in total. The minimum atomic E-state index is -0.0880. The number of aromatic nitrogens is 1. The first-order valence-electron chi connectivity index (χ1n) is 8.42. The monoisotopic (exact) mass is 354 g/mol. The van der Waals surface area contributed by atoms with Crippen molar-refractivity contribution in [3.63, 3.8) is 0 Å². The number of fused-ring (bicyclic) bond motifs is 1. The summed E-state index contributed by atoms with van der Waals surface area (Å²) in [6.07, 6.45) is 0.877. The van der Waals surface area contributed by atoms with Crippen molar-refractivity contribution in [2.45, 2.75) is 26.3 Å². The van der Waals surface area contributed by atoms with Crippen LogP contribution >= 0.6 is 11.3 Å². The van der Waals surface area contributed by atoms with Gasteiger partial charge in [-0.05, 0) is 37.1 Å². The van der Waals surface area contributed by atoms with Crippen LogP contribution in [0.2, 0.25) is 0 Å². The third-order valence-electron chi connectivity index (χ3n) is 4.35. The maximum Gasteiger partial charge on any atom is 0.260 e. The maximum absolute atomic E-state index is 12.5. The van der Waals surface area contributed by atoms with Crippen LogP contribution in [0.1, 0.15) is 30.5 Å². The minimum absolute atomic E-state index is 0.0305. The molecule has 130 valence electrons. The second-order valence-electron chi connectivity index (χ2n) is 5.95. The topological polar surface area (TPSA) is 42.4 Å². The summed E-state index contributed by atoms with van der Waals surface area (Å²) in [5, 5.41) is 0.936. The fourth-order valence-corrected chi connectivity index (χ4v) is 3.69. The summed E-state index contributed by atoms with van der Waals surface area (Å²) in [5.74, 6) is 0.719. The molecule has 0 aliphatic rings. The number of likely N-dealkylation sites (N-methyl/N-ethyl adjacent to an activating group) is 1. The number of thiazole rings is 1. The molecule has 1 atom stereocenters. The van der Waals surface area contributed by atoms with Crippen LogP contribution in [-0.4, -0.2) is 29.4 Å². The van der Waals surface area contributed by atoms with Gasteiger partial charge in [0.15, 0.2) is 6.61 Å². The third kappa shape index (κ3) is 3.82. The fraction of sp³-hybridized carbons (Fsp3) is 0.300. The Hall–Kier alpha value is -2.40. The normalized spacial score (nSPS) is 12.1. The lowest BCUT2D eigenvalue weighted by atomic mass is 10.1. The number of rotatable bonds is 6. The van der Waals surface area contributed by atoms with Crippen molar-refractivity contribution in [3.05, 3.63) is 59.1 Å². The van der Waals surface area contributed by atoms with E-state index in [0.29, 0.717) is 0 Å². The molecule has 0 radical (unpaired) electrons. The molecule has 0 aliphatic heterocycles. The number of para-hydroxylation sites is 2. The second kappa shape index (κ2) is 7.66. The van der Waals surface area contributed by atoms with E-state index in [0.717, 1.165) is 33.0 Å². The van der Waals surface area contributed by atoms with Crippen LogP contribution in [-0.2, 0) is 11.2 Å². The Kier molecular flexibility index (Phi) is 5.34. The molecule has 0 N–H and O–H groups in total. The van der Waals surface area contributed by atoms with Crippen LogP contribution in [0.25, 0.3) is 10.2 Å². The first-order chi connectivity index (χ1) is 12.1. The van der Waals surface area contributed by atoms with Crippen LogP contribution in [0.15, 0.2) is 48.5 Å². The molecule has 25 heavy (non-hydrogen) atoms. The highest BCUT2D eigenvalue weighted by molar-refractivity contribution is 7.18. The standard InChI is InChI=1S/C20H22N2O2S/c1-4-15-9-5-7-11-17(15)24-13-19(23)22(3)14(2)20-21-16-10-6-8-12-18(16)25-20/h5-12,14H,4,13H2,1-3H3/t14-/m0/s1. The first kappa shape index (κ1) is 17.4. The number of carbonyl (C=O) groups excluding carboxylic acids is 1. The van der Waals surface area contributed by atoms with Crippen molar-refractivity contribution < 1.29 is 9.53 Å². The van der Waals surface area contributed by atoms with Gasteiger partial charge in [0, 0.05) is 7.05 Å². The van der Waals surface area contributed by atoms with E-state index in [2.05, 4.69) is 18.0 Å². The fourth-order valence-electron chi connectivity index (χ4n) is 2.63. The van der Waals surface area contributed by atoms with Crippen molar-refractivity contribution in [2.75, 3.05) is 13.7 Å². The highest BCUT2D eigenvalue weighted by atomic mass is 32.1. The number of benzene rings is 2. The van der Waals surface area contributed by atoms with E-state index in [1.165, 1.54) is 0 Å². The van der Waals surface area contributed by atoms with E-state index in [4.69, 9.17) is 4.74 Å². The van der Waals surface area contributed by atoms with Gasteiger partial charge in [-0.25, -0.2) is 4.98 Å². The number of aryl methyl sites for hydroxylation is 1. The van der Waals surface area contributed by atoms with Gasteiger partial charge in [0.25, 0.3) is 5.91 Å². The summed E-state index contributed by atoms with van der Waals surface area (Å²) in [5.41, 5.74) is 2.08. The number of ether oxygens (including phenoxy) is 1. The average Bonchev–Trinajstić information content (AvgIpc) is 3.09. The molecule has 1 amide bonds. The van der Waals surface area contributed by atoms with E-state index in [1.54, 1.807) is 23.3 Å². The van der Waals surface area contributed by atoms with E-state index >= 15 is 0 Å². The Morgan fingerprint density at radius 2 is 1.92 bits per heavy atom. The molecule has 1 heterocycles. The van der Waals surface area contributed by atoms with Crippen LogP contribution in [0, 0.1) is 0 Å². The minimum Gasteiger partial charge on any atom is -0.483 e. The summed E-state index contributed by atoms with van der Waals surface area (Å²) in [7, 11) is 1.80. The van der Waals surface area contributed by atoms with Gasteiger partial charge >= 0.3 is 0 Å². The molecule has 0 saturated heterocycles. The lowest BCUT2D eigenvalue weighted by molar-refractivity contribution is -0.134. The Morgan fingerprint density at radius 1 is 1.20 bits per heavy atom. The lowest BCUT2D eigenvalue weighted by Gasteiger charge is -2.23. The van der Waals surface area contributed by atoms with Crippen LogP contribution in [0.4, 0.5) is 0 Å². The zero-order valence-corrected chi connectivity index (χ0v) is 15.5. The van der Waals surface area contributed by atoms with Crippen molar-refractivity contribution in [1.29, 1.82) is 0 Å². The zero-order chi connectivity index (χ0) is 17.8. The summed E-state index contributed by atoms with van der Waals surface area (Å²) < 4.78 is 6.89. The van der Waals surface area contributed by atoms with Crippen molar-refractivity contribution in [1.82, 2.24) is 9.88 Å². The van der Waals surface area contributed by atoms with Gasteiger partial charge in [-0.3, -0.25) is 4.79 Å². The second-order valence-corrected chi connectivity index (χ2v) is 7.01. The highest BCUT2D eigenvalue weighted by Gasteiger charge is 2.21. The van der Waals surface area contributed by atoms with Crippen LogP contribution in [0.5, 0.6) is 5.75 Å². The SMILES string of the molecule is CCc1ccccc1OCC(=O)N(C)[C@@H](C)c1nc2ccccc2s1. The maximum atomic E-state index is 12.5. The third-order valence-corrected chi connectivity index (χ3v) is 5.55. The van der Waals surface area contributed by atoms with Gasteiger partial charge in [-0.1, -0.05) is 37.3 Å². The van der Waals surface area contributed by atoms with Gasteiger partial charge in [0.2, 0.25) is 0 Å². The smallest absolute Gasteiger partial charge is 0.260 e. The molecule has 3 rings (SSSR count). The van der Waals surface area contributed by atoms with Crippen LogP contribution in [0.3, 0.4) is 0 Å². The molecule has 5 heteroatoms. The molecular formula is C20H22N2O2S. The van der Waals surface area contributed by atoms with Gasteiger partial charge < -0.3 is 9.64 Å². The molecule has 0 bridgehead atoms. The molecule has 1 aromatic heterocycles. The number of hydrogen-bond acceptors (Lipinski definition) is 4. The number of hydrogen-bond donors (Lipinski definition) is 0. The van der Waals surface area contributed by atoms with E-state index in [9.17, 15) is 4.79 Å². The molecule has 2 aromatic carbocycles. The first-order valence-corrected chi connectivity index (χ1v) is 9.23. The van der Waals surface area contributed by atoms with Gasteiger partial charge in [-0.15, -0.1) is 11.3 Å². The predicted molar refractivity (Wildman–Crippen MR) is 102 cm³/mol. The van der Waals surface area contributed by atoms with Crippen molar-refractivity contribution >= 4 is 27.5 Å². The molecule has 3 aromatic rings. The Labute approximate surface area is 152 Å². The summed E-state index contributed by atoms with van der Waals surface area (Å²) in [6, 6.07) is 15.8. The van der Waals surface area contributed by atoms with Crippen LogP contribution < -0.4 is 4.74 Å². The van der Waals surface area contributed by atoms with E-state index in [-0.39, 0.29) is 18.6 Å². The predicted octanol–water partition coefficient (Wildman–Crippen LogP) is 4.46. The number of nitrogens with zero attached hydrogens (tertiary/aromatic N) is 2. The van der Waals surface area contributed by atoms with E-state index < -0.39 is 0 Å². The molecule has 0 saturated carbocycles. The van der Waals surface area contributed by atoms with Gasteiger partial charge in [0.05, 0.1) is 16.3 Å². The molecule has 0 fully saturated rings. The Bertz CT molecular complexity index is 842. The molecular weight excluding hydrogens is 332 g/mol. The number of carbonyl (C=O) groups is 1. The molecule has 0 spiro atoms. The Balaban J connectivity index is 1.67. The lowest BCUT2D eigenvalue weighted by Crippen LogP contribution is -2.33. The highest BCUT2D eigenvalue weighted by Crippen LogP contribution is 2.29. The van der Waals surface area contributed by atoms with Gasteiger partial charge in [0.1, 0.15) is 10.8 Å².